The molecule has 1 fully saturated rings. The van der Waals surface area contributed by atoms with Crippen LogP contribution in [0.15, 0.2) is 54.0 Å². The summed E-state index contributed by atoms with van der Waals surface area (Å²) in [6.07, 6.45) is -0.629. The molecule has 0 radical (unpaired) electrons. The molecule has 1 unspecified atom stereocenters. The van der Waals surface area contributed by atoms with Gasteiger partial charge in [0.25, 0.3) is 5.91 Å². The van der Waals surface area contributed by atoms with E-state index in [4.69, 9.17) is 0 Å². The van der Waals surface area contributed by atoms with Crippen LogP contribution in [0.25, 0.3) is 10.4 Å². The Balaban J connectivity index is 1.27. The molecule has 38 heavy (non-hydrogen) atoms. The van der Waals surface area contributed by atoms with E-state index in [1.54, 1.807) is 22.3 Å². The van der Waals surface area contributed by atoms with Crippen LogP contribution in [0.3, 0.4) is 0 Å². The highest BCUT2D eigenvalue weighted by molar-refractivity contribution is 7.13. The molecule has 2 aliphatic rings. The van der Waals surface area contributed by atoms with Crippen LogP contribution in [0, 0.1) is 12.8 Å². The van der Waals surface area contributed by atoms with Gasteiger partial charge in [0, 0.05) is 31.6 Å². The number of rotatable bonds is 7. The van der Waals surface area contributed by atoms with E-state index in [0.29, 0.717) is 18.7 Å². The van der Waals surface area contributed by atoms with E-state index in [1.165, 1.54) is 4.90 Å². The summed E-state index contributed by atoms with van der Waals surface area (Å²) in [7, 11) is 0. The van der Waals surface area contributed by atoms with Crippen molar-refractivity contribution in [2.75, 3.05) is 6.54 Å². The normalized spacial score (nSPS) is 19.7. The van der Waals surface area contributed by atoms with Crippen molar-refractivity contribution < 1.29 is 19.5 Å². The number of carbonyl (C=O) groups excluding carboxylic acids is 3. The number of nitrogens with one attached hydrogen (secondary N) is 1. The van der Waals surface area contributed by atoms with Crippen molar-refractivity contribution >= 4 is 29.1 Å². The first kappa shape index (κ1) is 26.1. The topological polar surface area (TPSA) is 103 Å². The summed E-state index contributed by atoms with van der Waals surface area (Å²) in [6, 6.07) is 13.8. The second-order valence-electron chi connectivity index (χ2n) is 10.4. The minimum Gasteiger partial charge on any atom is -0.391 e. The average Bonchev–Trinajstić information content (AvgIpc) is 3.60. The van der Waals surface area contributed by atoms with E-state index in [1.807, 2.05) is 68.7 Å². The van der Waals surface area contributed by atoms with Gasteiger partial charge in [0.05, 0.1) is 22.2 Å². The maximum atomic E-state index is 13.8. The van der Waals surface area contributed by atoms with Crippen molar-refractivity contribution in [3.05, 3.63) is 76.4 Å². The van der Waals surface area contributed by atoms with Crippen molar-refractivity contribution in [1.29, 1.82) is 0 Å². The number of aromatic nitrogens is 1. The van der Waals surface area contributed by atoms with Gasteiger partial charge >= 0.3 is 0 Å². The lowest BCUT2D eigenvalue weighted by molar-refractivity contribution is -0.143. The number of aliphatic hydroxyl groups excluding tert-OH is 1. The van der Waals surface area contributed by atoms with Gasteiger partial charge in [-0.1, -0.05) is 56.3 Å². The van der Waals surface area contributed by atoms with Crippen LogP contribution >= 0.6 is 11.3 Å². The Morgan fingerprint density at radius 3 is 2.55 bits per heavy atom. The molecule has 3 amide bonds. The summed E-state index contributed by atoms with van der Waals surface area (Å²) >= 11 is 1.59. The molecular weight excluding hydrogens is 500 g/mol. The van der Waals surface area contributed by atoms with E-state index in [0.717, 1.165) is 27.3 Å². The van der Waals surface area contributed by atoms with Crippen LogP contribution in [0.2, 0.25) is 0 Å². The molecule has 1 saturated heterocycles. The van der Waals surface area contributed by atoms with Gasteiger partial charge in [-0.15, -0.1) is 11.3 Å². The van der Waals surface area contributed by atoms with Crippen LogP contribution in [0.1, 0.15) is 47.4 Å². The van der Waals surface area contributed by atoms with E-state index >= 15 is 0 Å². The van der Waals surface area contributed by atoms with Gasteiger partial charge in [0.15, 0.2) is 0 Å². The van der Waals surface area contributed by atoms with Crippen molar-refractivity contribution in [1.82, 2.24) is 20.1 Å². The first-order valence-corrected chi connectivity index (χ1v) is 13.8. The monoisotopic (exact) mass is 532 g/mol. The minimum absolute atomic E-state index is 0.0675. The molecule has 0 spiro atoms. The molecule has 0 aliphatic carbocycles. The highest BCUT2D eigenvalue weighted by Crippen LogP contribution is 2.30. The maximum absolute atomic E-state index is 13.8. The number of amides is 3. The molecule has 2 N–H and O–H groups in total. The number of carbonyl (C=O) groups is 3. The first-order valence-electron chi connectivity index (χ1n) is 12.9. The second-order valence-corrected chi connectivity index (χ2v) is 11.2. The molecule has 8 nitrogen and oxygen atoms in total. The van der Waals surface area contributed by atoms with Crippen LogP contribution < -0.4 is 5.32 Å². The zero-order chi connectivity index (χ0) is 27.0. The van der Waals surface area contributed by atoms with Gasteiger partial charge in [-0.2, -0.15) is 0 Å². The van der Waals surface area contributed by atoms with Crippen LogP contribution in [-0.4, -0.2) is 62.3 Å². The highest BCUT2D eigenvalue weighted by Gasteiger charge is 2.45. The van der Waals surface area contributed by atoms with Crippen molar-refractivity contribution in [3.63, 3.8) is 0 Å². The fraction of sp³-hybridized carbons (Fsp3) is 0.379. The van der Waals surface area contributed by atoms with E-state index < -0.39 is 18.2 Å². The summed E-state index contributed by atoms with van der Waals surface area (Å²) < 4.78 is 0. The Morgan fingerprint density at radius 1 is 1.16 bits per heavy atom. The number of fused-ring (bicyclic) bond motifs is 1. The Bertz CT molecular complexity index is 1350. The highest BCUT2D eigenvalue weighted by atomic mass is 32.1. The van der Waals surface area contributed by atoms with Gasteiger partial charge in [-0.3, -0.25) is 14.4 Å². The molecule has 2 aliphatic heterocycles. The molecule has 3 atom stereocenters. The SMILES string of the molecule is Cc1ncsc1-c1ccc(CNC(=O)[C@@H]2CC(O)CN2C(=O)[C@H](C(C)C)N2Cc3ccccc3C2=O)cc1. The van der Waals surface area contributed by atoms with Gasteiger partial charge in [-0.05, 0) is 35.6 Å². The largest absolute Gasteiger partial charge is 0.391 e. The Labute approximate surface area is 226 Å². The van der Waals surface area contributed by atoms with Gasteiger partial charge < -0.3 is 20.2 Å². The molecule has 3 heterocycles. The maximum Gasteiger partial charge on any atom is 0.255 e. The number of β-amino-alcohol motifs (C(OH)–C–C–N with tert-alkyl or cyclic N) is 1. The zero-order valence-electron chi connectivity index (χ0n) is 21.8. The van der Waals surface area contributed by atoms with Gasteiger partial charge in [0.2, 0.25) is 11.8 Å². The number of likely N-dealkylation sites (tertiary alicyclic amines) is 1. The molecule has 0 saturated carbocycles. The molecule has 0 bridgehead atoms. The lowest BCUT2D eigenvalue weighted by Gasteiger charge is -2.35. The molecular formula is C29H32N4O4S. The standard InChI is InChI=1S/C29H32N4O4S/c1-17(2)25(33-14-21-6-4-5-7-23(21)28(33)36)29(37)32-15-22(34)12-24(32)27(35)30-13-19-8-10-20(11-9-19)26-18(3)31-16-38-26/h4-11,16-17,22,24-25,34H,12-15H2,1-3H3,(H,30,35)/t22?,24-,25-/m0/s1. The lowest BCUT2D eigenvalue weighted by atomic mass is 10.0. The predicted octanol–water partition coefficient (Wildman–Crippen LogP) is 3.38. The quantitative estimate of drug-likeness (QED) is 0.486. The number of hydrogen-bond acceptors (Lipinski definition) is 6. The van der Waals surface area contributed by atoms with Gasteiger partial charge in [-0.25, -0.2) is 4.98 Å². The number of benzene rings is 2. The van der Waals surface area contributed by atoms with E-state index in [-0.39, 0.29) is 36.6 Å². The second kappa shape index (κ2) is 10.7. The number of hydrogen-bond donors (Lipinski definition) is 2. The summed E-state index contributed by atoms with van der Waals surface area (Å²) in [5.41, 5.74) is 6.32. The number of thiazole rings is 1. The van der Waals surface area contributed by atoms with E-state index in [9.17, 15) is 19.5 Å². The fourth-order valence-corrected chi connectivity index (χ4v) is 6.23. The zero-order valence-corrected chi connectivity index (χ0v) is 22.6. The summed E-state index contributed by atoms with van der Waals surface area (Å²) in [5, 5.41) is 13.4. The van der Waals surface area contributed by atoms with Crippen molar-refractivity contribution in [2.24, 2.45) is 5.92 Å². The summed E-state index contributed by atoms with van der Waals surface area (Å²) in [4.78, 5) is 48.7. The summed E-state index contributed by atoms with van der Waals surface area (Å²) in [6.45, 7) is 6.51. The summed E-state index contributed by atoms with van der Waals surface area (Å²) in [5.74, 6) is -0.953. The number of nitrogens with zero attached hydrogens (tertiary/aromatic N) is 3. The van der Waals surface area contributed by atoms with Crippen molar-refractivity contribution in [3.8, 4) is 10.4 Å². The molecule has 3 aromatic rings. The van der Waals surface area contributed by atoms with Crippen LogP contribution in [0.4, 0.5) is 0 Å². The van der Waals surface area contributed by atoms with Crippen LogP contribution in [-0.2, 0) is 22.7 Å². The number of aryl methyl sites for hydroxylation is 1. The molecule has 198 valence electrons. The molecule has 2 aromatic carbocycles. The Morgan fingerprint density at radius 2 is 1.89 bits per heavy atom. The molecule has 9 heteroatoms. The molecule has 1 aromatic heterocycles. The minimum atomic E-state index is -0.795. The first-order chi connectivity index (χ1) is 18.2. The Kier molecular flexibility index (Phi) is 7.32. The van der Waals surface area contributed by atoms with Gasteiger partial charge in [0.1, 0.15) is 12.1 Å². The Hall–Kier alpha value is -3.56. The number of aliphatic hydroxyl groups is 1. The third kappa shape index (κ3) is 4.96. The van der Waals surface area contributed by atoms with E-state index in [2.05, 4.69) is 10.3 Å². The van der Waals surface area contributed by atoms with Crippen molar-refractivity contribution in [2.45, 2.75) is 58.5 Å². The lowest BCUT2D eigenvalue weighted by Crippen LogP contribution is -2.55. The third-order valence-electron chi connectivity index (χ3n) is 7.36. The fourth-order valence-electron chi connectivity index (χ4n) is 5.42. The third-order valence-corrected chi connectivity index (χ3v) is 8.34. The molecule has 5 rings (SSSR count). The van der Waals surface area contributed by atoms with Crippen LogP contribution in [0.5, 0.6) is 0 Å². The smallest absolute Gasteiger partial charge is 0.255 e. The average molecular weight is 533 g/mol. The predicted molar refractivity (Wildman–Crippen MR) is 145 cm³/mol.